The molecule has 0 aliphatic carbocycles. The summed E-state index contributed by atoms with van der Waals surface area (Å²) in [6.45, 7) is 1.90. The average molecular weight is 439 g/mol. The number of hydrogen-bond donors (Lipinski definition) is 0. The molecule has 3 aromatic rings. The van der Waals surface area contributed by atoms with Crippen molar-refractivity contribution in [2.24, 2.45) is 0 Å². The molecule has 1 amide bonds. The second-order valence-electron chi connectivity index (χ2n) is 6.98. The van der Waals surface area contributed by atoms with Gasteiger partial charge in [-0.05, 0) is 25.1 Å². The zero-order chi connectivity index (χ0) is 21.8. The molecule has 0 N–H and O–H groups in total. The Morgan fingerprint density at radius 1 is 1.16 bits per heavy atom. The lowest BCUT2D eigenvalue weighted by atomic mass is 10.1. The summed E-state index contributed by atoms with van der Waals surface area (Å²) in [7, 11) is 1.53. The fraction of sp³-hybridized carbons (Fsp3) is 0.261. The molecular formula is C23H22N2O5S. The van der Waals surface area contributed by atoms with Crippen LogP contribution in [-0.4, -0.2) is 49.8 Å². The van der Waals surface area contributed by atoms with Gasteiger partial charge in [-0.3, -0.25) is 14.5 Å². The van der Waals surface area contributed by atoms with Crippen molar-refractivity contribution < 1.29 is 23.8 Å². The monoisotopic (exact) mass is 438 g/mol. The number of methoxy groups -OCH3 is 1. The summed E-state index contributed by atoms with van der Waals surface area (Å²) in [6.07, 6.45) is -0.686. The van der Waals surface area contributed by atoms with Gasteiger partial charge in [-0.25, -0.2) is 4.98 Å². The topological polar surface area (TPSA) is 78.0 Å². The molecule has 7 nitrogen and oxygen atoms in total. The van der Waals surface area contributed by atoms with Gasteiger partial charge in [0.25, 0.3) is 5.91 Å². The third kappa shape index (κ3) is 4.60. The van der Waals surface area contributed by atoms with Gasteiger partial charge in [0.15, 0.2) is 6.10 Å². The number of carbonyl (C=O) groups is 2. The van der Waals surface area contributed by atoms with Crippen LogP contribution in [0.15, 0.2) is 53.9 Å². The fourth-order valence-electron chi connectivity index (χ4n) is 3.26. The summed E-state index contributed by atoms with van der Waals surface area (Å²) in [4.78, 5) is 31.1. The van der Waals surface area contributed by atoms with Gasteiger partial charge in [-0.15, -0.1) is 11.3 Å². The zero-order valence-electron chi connectivity index (χ0n) is 17.2. The molecule has 0 saturated heterocycles. The minimum absolute atomic E-state index is 0.136. The number of hydrogen-bond acceptors (Lipinski definition) is 7. The molecule has 1 atom stereocenters. The van der Waals surface area contributed by atoms with Crippen LogP contribution in [0.4, 0.5) is 5.69 Å². The maximum atomic E-state index is 12.7. The smallest absolute Gasteiger partial charge is 0.326 e. The van der Waals surface area contributed by atoms with E-state index in [-0.39, 0.29) is 19.1 Å². The Labute approximate surface area is 184 Å². The van der Waals surface area contributed by atoms with E-state index in [0.29, 0.717) is 18.0 Å². The molecule has 0 fully saturated rings. The summed E-state index contributed by atoms with van der Waals surface area (Å²) in [5.41, 5.74) is 3.20. The van der Waals surface area contributed by atoms with E-state index in [2.05, 4.69) is 0 Å². The van der Waals surface area contributed by atoms with Gasteiger partial charge in [0.05, 0.1) is 18.0 Å². The van der Waals surface area contributed by atoms with E-state index in [1.54, 1.807) is 24.3 Å². The molecule has 0 spiro atoms. The molecule has 0 bridgehead atoms. The molecule has 1 unspecified atom stereocenters. The van der Waals surface area contributed by atoms with Crippen LogP contribution in [0, 0.1) is 0 Å². The second-order valence-corrected chi connectivity index (χ2v) is 7.84. The van der Waals surface area contributed by atoms with Gasteiger partial charge < -0.3 is 14.2 Å². The number of rotatable bonds is 7. The normalized spacial score (nSPS) is 15.4. The first-order valence-electron chi connectivity index (χ1n) is 9.85. The molecule has 1 aliphatic rings. The summed E-state index contributed by atoms with van der Waals surface area (Å²) >= 11 is 1.55. The minimum Gasteiger partial charge on any atom is -0.479 e. The SMILES string of the molecule is COCCOC(=O)CN1C(=O)C(C)Oc2ccc(-c3csc(-c4ccccc4)n3)cc21. The summed E-state index contributed by atoms with van der Waals surface area (Å²) in [6, 6.07) is 15.5. The highest BCUT2D eigenvalue weighted by Gasteiger charge is 2.33. The van der Waals surface area contributed by atoms with Crippen molar-refractivity contribution in [3.05, 3.63) is 53.9 Å². The molecule has 4 rings (SSSR count). The number of esters is 1. The third-order valence-electron chi connectivity index (χ3n) is 4.83. The van der Waals surface area contributed by atoms with Gasteiger partial charge in [0.1, 0.15) is 23.9 Å². The number of anilines is 1. The number of ether oxygens (including phenoxy) is 3. The van der Waals surface area contributed by atoms with Gasteiger partial charge in [-0.1, -0.05) is 30.3 Å². The average Bonchev–Trinajstić information content (AvgIpc) is 3.28. The first-order chi connectivity index (χ1) is 15.1. The lowest BCUT2D eigenvalue weighted by Gasteiger charge is -2.32. The lowest BCUT2D eigenvalue weighted by Crippen LogP contribution is -2.47. The Kier molecular flexibility index (Phi) is 6.29. The van der Waals surface area contributed by atoms with Crippen molar-refractivity contribution in [1.82, 2.24) is 4.98 Å². The summed E-state index contributed by atoms with van der Waals surface area (Å²) in [5, 5.41) is 2.88. The highest BCUT2D eigenvalue weighted by Crippen LogP contribution is 2.38. The number of amides is 1. The lowest BCUT2D eigenvalue weighted by molar-refractivity contribution is -0.144. The summed E-state index contributed by atoms with van der Waals surface area (Å²) in [5.74, 6) is -0.258. The van der Waals surface area contributed by atoms with Gasteiger partial charge in [0.2, 0.25) is 0 Å². The molecular weight excluding hydrogens is 416 g/mol. The molecule has 1 aromatic heterocycles. The molecule has 31 heavy (non-hydrogen) atoms. The molecule has 8 heteroatoms. The summed E-state index contributed by atoms with van der Waals surface area (Å²) < 4.78 is 15.8. The van der Waals surface area contributed by atoms with E-state index < -0.39 is 12.1 Å². The Hall–Kier alpha value is -3.23. The van der Waals surface area contributed by atoms with Crippen molar-refractivity contribution >= 4 is 28.9 Å². The van der Waals surface area contributed by atoms with E-state index in [4.69, 9.17) is 19.2 Å². The van der Waals surface area contributed by atoms with Crippen molar-refractivity contribution in [1.29, 1.82) is 0 Å². The quantitative estimate of drug-likeness (QED) is 0.413. The van der Waals surface area contributed by atoms with Gasteiger partial charge >= 0.3 is 5.97 Å². The van der Waals surface area contributed by atoms with E-state index in [0.717, 1.165) is 21.8 Å². The van der Waals surface area contributed by atoms with Crippen molar-refractivity contribution in [3.63, 3.8) is 0 Å². The van der Waals surface area contributed by atoms with E-state index in [1.165, 1.54) is 12.0 Å². The van der Waals surface area contributed by atoms with E-state index in [1.807, 2.05) is 47.8 Å². The minimum atomic E-state index is -0.686. The first-order valence-corrected chi connectivity index (χ1v) is 10.7. The van der Waals surface area contributed by atoms with Crippen LogP contribution in [0.3, 0.4) is 0 Å². The predicted molar refractivity (Wildman–Crippen MR) is 118 cm³/mol. The number of fused-ring (bicyclic) bond motifs is 1. The van der Waals surface area contributed by atoms with Crippen molar-refractivity contribution in [3.8, 4) is 27.6 Å². The molecule has 160 valence electrons. The van der Waals surface area contributed by atoms with Crippen LogP contribution in [0.25, 0.3) is 21.8 Å². The van der Waals surface area contributed by atoms with Crippen molar-refractivity contribution in [2.75, 3.05) is 31.8 Å². The molecule has 2 heterocycles. The molecule has 2 aromatic carbocycles. The number of thiazole rings is 1. The second kappa shape index (κ2) is 9.28. The van der Waals surface area contributed by atoms with E-state index in [9.17, 15) is 9.59 Å². The standard InChI is InChI=1S/C23H22N2O5S/c1-15-23(27)25(13-21(26)29-11-10-28-2)19-12-17(8-9-20(19)30-15)18-14-31-22(24-18)16-6-4-3-5-7-16/h3-9,12,14-15H,10-11,13H2,1-2H3. The van der Waals surface area contributed by atoms with Crippen molar-refractivity contribution in [2.45, 2.75) is 13.0 Å². The number of carbonyl (C=O) groups excluding carboxylic acids is 2. The van der Waals surface area contributed by atoms with E-state index >= 15 is 0 Å². The Morgan fingerprint density at radius 2 is 1.97 bits per heavy atom. The Morgan fingerprint density at radius 3 is 2.74 bits per heavy atom. The maximum absolute atomic E-state index is 12.7. The first kappa shape index (κ1) is 21.0. The highest BCUT2D eigenvalue weighted by atomic mass is 32.1. The van der Waals surface area contributed by atoms with Gasteiger partial charge in [0, 0.05) is 23.6 Å². The number of nitrogens with zero attached hydrogens (tertiary/aromatic N) is 2. The van der Waals surface area contributed by atoms with Gasteiger partial charge in [-0.2, -0.15) is 0 Å². The largest absolute Gasteiger partial charge is 0.479 e. The highest BCUT2D eigenvalue weighted by molar-refractivity contribution is 7.13. The molecule has 0 saturated carbocycles. The Balaban J connectivity index is 1.61. The van der Waals surface area contributed by atoms with Crippen LogP contribution >= 0.6 is 11.3 Å². The van der Waals surface area contributed by atoms with Crippen LogP contribution in [0.5, 0.6) is 5.75 Å². The zero-order valence-corrected chi connectivity index (χ0v) is 18.1. The maximum Gasteiger partial charge on any atom is 0.326 e. The van der Waals surface area contributed by atoms with Crippen LogP contribution in [-0.2, 0) is 19.1 Å². The molecule has 1 aliphatic heterocycles. The predicted octanol–water partition coefficient (Wildman–Crippen LogP) is 3.78. The number of aromatic nitrogens is 1. The number of benzene rings is 2. The van der Waals surface area contributed by atoms with Crippen LogP contribution in [0.1, 0.15) is 6.92 Å². The third-order valence-corrected chi connectivity index (χ3v) is 5.72. The molecule has 0 radical (unpaired) electrons. The Bertz CT molecular complexity index is 1080. The fourth-order valence-corrected chi connectivity index (χ4v) is 4.10. The van der Waals surface area contributed by atoms with Crippen LogP contribution < -0.4 is 9.64 Å². The van der Waals surface area contributed by atoms with Crippen LogP contribution in [0.2, 0.25) is 0 Å².